The van der Waals surface area contributed by atoms with E-state index in [1.165, 1.54) is 0 Å². The highest BCUT2D eigenvalue weighted by atomic mass is 16.4. The summed E-state index contributed by atoms with van der Waals surface area (Å²) >= 11 is 0. The van der Waals surface area contributed by atoms with Crippen molar-refractivity contribution in [3.05, 3.63) is 17.2 Å². The number of hydrogen-bond donors (Lipinski definition) is 3. The van der Waals surface area contributed by atoms with E-state index in [0.29, 0.717) is 12.2 Å². The Balaban J connectivity index is 3.23. The molecule has 0 unspecified atom stereocenters. The minimum Gasteiger partial charge on any atom is -0.477 e. The lowest BCUT2D eigenvalue weighted by atomic mass is 10.3. The van der Waals surface area contributed by atoms with Gasteiger partial charge in [0, 0.05) is 6.42 Å². The average molecular weight is 184 g/mol. The van der Waals surface area contributed by atoms with Crippen LogP contribution in [0.3, 0.4) is 0 Å². The van der Waals surface area contributed by atoms with Crippen molar-refractivity contribution in [2.75, 3.05) is 0 Å². The second-order valence-electron chi connectivity index (χ2n) is 2.37. The highest BCUT2D eigenvalue weighted by Crippen LogP contribution is 2.06. The third kappa shape index (κ3) is 1.66. The number of aryl methyl sites for hydroxylation is 1. The zero-order valence-electron chi connectivity index (χ0n) is 6.87. The van der Waals surface area contributed by atoms with Crippen LogP contribution in [0.2, 0.25) is 0 Å². The topological polar surface area (TPSA) is 103 Å². The molecule has 3 N–H and O–H groups in total. The molecule has 1 aromatic rings. The van der Waals surface area contributed by atoms with Crippen LogP contribution in [0.25, 0.3) is 0 Å². The standard InChI is InChI=1S/C7H8N2O4/c1-2-3-8-4(6(10)11)5(9-3)7(12)13/h2H2,1H3,(H,8,9)(H,10,11)(H,12,13). The van der Waals surface area contributed by atoms with Crippen LogP contribution in [0, 0.1) is 0 Å². The van der Waals surface area contributed by atoms with Gasteiger partial charge >= 0.3 is 11.9 Å². The molecule has 70 valence electrons. The molecule has 0 aromatic carbocycles. The largest absolute Gasteiger partial charge is 0.477 e. The van der Waals surface area contributed by atoms with Gasteiger partial charge in [0.2, 0.25) is 0 Å². The Kier molecular flexibility index (Phi) is 2.32. The molecule has 0 bridgehead atoms. The van der Waals surface area contributed by atoms with Gasteiger partial charge < -0.3 is 15.2 Å². The van der Waals surface area contributed by atoms with Gasteiger partial charge in [-0.05, 0) is 0 Å². The number of carboxylic acid groups (broad SMARTS) is 2. The first-order chi connectivity index (χ1) is 6.06. The molecule has 0 aliphatic carbocycles. The number of hydrogen-bond acceptors (Lipinski definition) is 3. The van der Waals surface area contributed by atoms with Crippen LogP contribution in [0.4, 0.5) is 0 Å². The van der Waals surface area contributed by atoms with Crippen molar-refractivity contribution in [3.63, 3.8) is 0 Å². The van der Waals surface area contributed by atoms with E-state index in [0.717, 1.165) is 0 Å². The van der Waals surface area contributed by atoms with Gasteiger partial charge in [0.05, 0.1) is 0 Å². The Labute approximate surface area is 73.2 Å². The van der Waals surface area contributed by atoms with Crippen molar-refractivity contribution in [1.82, 2.24) is 9.97 Å². The zero-order chi connectivity index (χ0) is 10.0. The Morgan fingerprint density at radius 3 is 2.31 bits per heavy atom. The molecule has 1 aromatic heterocycles. The highest BCUT2D eigenvalue weighted by molar-refractivity contribution is 5.98. The number of aromatic nitrogens is 2. The maximum Gasteiger partial charge on any atom is 0.357 e. The molecule has 0 atom stereocenters. The zero-order valence-corrected chi connectivity index (χ0v) is 6.87. The van der Waals surface area contributed by atoms with Crippen molar-refractivity contribution in [2.45, 2.75) is 13.3 Å². The van der Waals surface area contributed by atoms with Crippen LogP contribution in [-0.2, 0) is 6.42 Å². The maximum absolute atomic E-state index is 10.5. The average Bonchev–Trinajstić information content (AvgIpc) is 2.47. The molecule has 6 nitrogen and oxygen atoms in total. The van der Waals surface area contributed by atoms with Gasteiger partial charge in [-0.3, -0.25) is 0 Å². The smallest absolute Gasteiger partial charge is 0.357 e. The number of aromatic carboxylic acids is 2. The fourth-order valence-corrected chi connectivity index (χ4v) is 0.899. The molecule has 0 fully saturated rings. The lowest BCUT2D eigenvalue weighted by molar-refractivity contribution is 0.0644. The number of carbonyl (C=O) groups is 2. The van der Waals surface area contributed by atoms with Gasteiger partial charge in [-0.25, -0.2) is 14.6 Å². The number of nitrogens with zero attached hydrogens (tertiary/aromatic N) is 1. The van der Waals surface area contributed by atoms with E-state index in [4.69, 9.17) is 10.2 Å². The van der Waals surface area contributed by atoms with Crippen LogP contribution in [0.15, 0.2) is 0 Å². The summed E-state index contributed by atoms with van der Waals surface area (Å²) in [7, 11) is 0. The Hall–Kier alpha value is -1.85. The second kappa shape index (κ2) is 3.26. The first kappa shape index (κ1) is 9.24. The molecule has 0 radical (unpaired) electrons. The van der Waals surface area contributed by atoms with Crippen LogP contribution in [0.1, 0.15) is 33.7 Å². The fraction of sp³-hybridized carbons (Fsp3) is 0.286. The molecular formula is C7H8N2O4. The number of carboxylic acids is 2. The summed E-state index contributed by atoms with van der Waals surface area (Å²) in [5, 5.41) is 17.2. The fourth-order valence-electron chi connectivity index (χ4n) is 0.899. The maximum atomic E-state index is 10.5. The molecule has 1 heterocycles. The Morgan fingerprint density at radius 1 is 1.38 bits per heavy atom. The van der Waals surface area contributed by atoms with E-state index < -0.39 is 17.6 Å². The van der Waals surface area contributed by atoms with E-state index in [9.17, 15) is 9.59 Å². The summed E-state index contributed by atoms with van der Waals surface area (Å²) in [5.74, 6) is -2.30. The van der Waals surface area contributed by atoms with Gasteiger partial charge in [-0.1, -0.05) is 6.92 Å². The third-order valence-corrected chi connectivity index (χ3v) is 1.50. The second-order valence-corrected chi connectivity index (χ2v) is 2.37. The minimum absolute atomic E-state index is 0.356. The van der Waals surface area contributed by atoms with Crippen LogP contribution < -0.4 is 0 Å². The molecule has 0 amide bonds. The van der Waals surface area contributed by atoms with E-state index in [1.807, 2.05) is 0 Å². The number of imidazole rings is 1. The molecule has 0 spiro atoms. The van der Waals surface area contributed by atoms with Crippen LogP contribution in [0.5, 0.6) is 0 Å². The third-order valence-electron chi connectivity index (χ3n) is 1.50. The summed E-state index contributed by atoms with van der Waals surface area (Å²) in [6.07, 6.45) is 0.466. The number of rotatable bonds is 3. The Morgan fingerprint density at radius 2 is 2.00 bits per heavy atom. The summed E-state index contributed by atoms with van der Waals surface area (Å²) in [4.78, 5) is 27.1. The lowest BCUT2D eigenvalue weighted by Crippen LogP contribution is -2.07. The van der Waals surface area contributed by atoms with Gasteiger partial charge in [0.25, 0.3) is 0 Å². The van der Waals surface area contributed by atoms with E-state index in [1.54, 1.807) is 6.92 Å². The summed E-state index contributed by atoms with van der Waals surface area (Å²) in [6.45, 7) is 1.75. The van der Waals surface area contributed by atoms with Crippen molar-refractivity contribution >= 4 is 11.9 Å². The van der Waals surface area contributed by atoms with E-state index in [-0.39, 0.29) is 5.69 Å². The molecule has 0 aliphatic rings. The molecule has 0 saturated carbocycles. The summed E-state index contributed by atoms with van der Waals surface area (Å²) < 4.78 is 0. The first-order valence-corrected chi connectivity index (χ1v) is 3.61. The van der Waals surface area contributed by atoms with Gasteiger partial charge in [-0.2, -0.15) is 0 Å². The van der Waals surface area contributed by atoms with Crippen molar-refractivity contribution in [1.29, 1.82) is 0 Å². The minimum atomic E-state index is -1.34. The molecule has 6 heteroatoms. The quantitative estimate of drug-likeness (QED) is 0.629. The monoisotopic (exact) mass is 184 g/mol. The number of aromatic amines is 1. The van der Waals surface area contributed by atoms with Crippen LogP contribution in [-0.4, -0.2) is 32.1 Å². The number of nitrogens with one attached hydrogen (secondary N) is 1. The van der Waals surface area contributed by atoms with Crippen molar-refractivity contribution in [3.8, 4) is 0 Å². The summed E-state index contributed by atoms with van der Waals surface area (Å²) in [5.41, 5.74) is -0.811. The summed E-state index contributed by atoms with van der Waals surface area (Å²) in [6, 6.07) is 0. The molecule has 0 saturated heterocycles. The molecule has 1 rings (SSSR count). The van der Waals surface area contributed by atoms with Gasteiger partial charge in [-0.15, -0.1) is 0 Å². The van der Waals surface area contributed by atoms with Gasteiger partial charge in [0.1, 0.15) is 5.82 Å². The van der Waals surface area contributed by atoms with Crippen LogP contribution >= 0.6 is 0 Å². The predicted molar refractivity (Wildman–Crippen MR) is 41.9 cm³/mol. The molecular weight excluding hydrogens is 176 g/mol. The molecule has 0 aliphatic heterocycles. The SMILES string of the molecule is CCc1nc(C(=O)O)c(C(=O)O)[nH]1. The lowest BCUT2D eigenvalue weighted by Gasteiger charge is -1.88. The predicted octanol–water partition coefficient (Wildman–Crippen LogP) is 0.368. The Bertz CT molecular complexity index is 324. The van der Waals surface area contributed by atoms with E-state index in [2.05, 4.69) is 9.97 Å². The molecule has 13 heavy (non-hydrogen) atoms. The van der Waals surface area contributed by atoms with Gasteiger partial charge in [0.15, 0.2) is 11.4 Å². The number of H-pyrrole nitrogens is 1. The first-order valence-electron chi connectivity index (χ1n) is 3.61. The van der Waals surface area contributed by atoms with E-state index >= 15 is 0 Å². The van der Waals surface area contributed by atoms with Crippen molar-refractivity contribution in [2.24, 2.45) is 0 Å². The highest BCUT2D eigenvalue weighted by Gasteiger charge is 2.20. The normalized spacial score (nSPS) is 9.92. The van der Waals surface area contributed by atoms with Crippen molar-refractivity contribution < 1.29 is 19.8 Å².